The highest BCUT2D eigenvalue weighted by Gasteiger charge is 2.12. The van der Waals surface area contributed by atoms with Crippen LogP contribution >= 0.6 is 0 Å². The Morgan fingerprint density at radius 1 is 0.639 bits per heavy atom. The SMILES string of the molecule is N#Cc1ccc(Oc2cc(NC(=O)Nc3ccc(F)c(Oc4ccc(C#N)cc4)c3)ccc2F)cc1. The number of nitrogens with one attached hydrogen (secondary N) is 2. The Morgan fingerprint density at radius 2 is 1.03 bits per heavy atom. The third-order valence-electron chi connectivity index (χ3n) is 4.80. The van der Waals surface area contributed by atoms with Crippen LogP contribution in [0.1, 0.15) is 11.1 Å². The van der Waals surface area contributed by atoms with Gasteiger partial charge in [-0.15, -0.1) is 0 Å². The predicted octanol–water partition coefficient (Wildman–Crippen LogP) is 6.94. The van der Waals surface area contributed by atoms with Gasteiger partial charge in [-0.3, -0.25) is 0 Å². The molecule has 0 radical (unpaired) electrons. The molecule has 0 aliphatic carbocycles. The molecule has 0 spiro atoms. The summed E-state index contributed by atoms with van der Waals surface area (Å²) < 4.78 is 39.5. The minimum Gasteiger partial charge on any atom is -0.454 e. The Labute approximate surface area is 204 Å². The van der Waals surface area contributed by atoms with Gasteiger partial charge >= 0.3 is 6.03 Å². The van der Waals surface area contributed by atoms with Crippen molar-refractivity contribution in [2.45, 2.75) is 0 Å². The number of nitrogens with zero attached hydrogens (tertiary/aromatic N) is 2. The van der Waals surface area contributed by atoms with Crippen LogP contribution in [0.4, 0.5) is 25.0 Å². The first-order valence-corrected chi connectivity index (χ1v) is 10.5. The standard InChI is InChI=1S/C27H16F2N4O3/c28-23-11-5-19(13-25(23)35-21-7-1-17(15-30)2-8-21)32-27(34)33-20-6-12-24(29)26(14-20)36-22-9-3-18(16-31)4-10-22/h1-14H,(H2,32,33,34). The van der Waals surface area contributed by atoms with E-state index in [-0.39, 0.29) is 22.9 Å². The van der Waals surface area contributed by atoms with Gasteiger partial charge in [-0.2, -0.15) is 10.5 Å². The Kier molecular flexibility index (Phi) is 7.04. The molecule has 0 bridgehead atoms. The van der Waals surface area contributed by atoms with Gasteiger partial charge in [0.05, 0.1) is 23.3 Å². The first kappa shape index (κ1) is 23.7. The zero-order chi connectivity index (χ0) is 25.5. The fourth-order valence-corrected chi connectivity index (χ4v) is 3.06. The van der Waals surface area contributed by atoms with Crippen molar-refractivity contribution in [1.29, 1.82) is 10.5 Å². The van der Waals surface area contributed by atoms with Gasteiger partial charge in [0, 0.05) is 23.5 Å². The Bertz CT molecular complexity index is 1380. The lowest BCUT2D eigenvalue weighted by molar-refractivity contribution is 0.262. The van der Waals surface area contributed by atoms with Crippen LogP contribution in [0, 0.1) is 34.3 Å². The number of hydrogen-bond donors (Lipinski definition) is 2. The zero-order valence-electron chi connectivity index (χ0n) is 18.5. The number of benzene rings is 4. The van der Waals surface area contributed by atoms with Gasteiger partial charge < -0.3 is 20.1 Å². The summed E-state index contributed by atoms with van der Waals surface area (Å²) in [7, 11) is 0. The number of urea groups is 1. The van der Waals surface area contributed by atoms with Crippen molar-refractivity contribution in [3.8, 4) is 35.1 Å². The molecule has 0 unspecified atom stereocenters. The molecule has 2 N–H and O–H groups in total. The van der Waals surface area contributed by atoms with E-state index in [1.54, 1.807) is 0 Å². The normalized spacial score (nSPS) is 10.0. The van der Waals surface area contributed by atoms with E-state index in [0.29, 0.717) is 22.6 Å². The number of halogens is 2. The molecule has 2 amide bonds. The number of nitriles is 2. The highest BCUT2D eigenvalue weighted by Crippen LogP contribution is 2.29. The van der Waals surface area contributed by atoms with E-state index in [0.717, 1.165) is 12.1 Å². The fraction of sp³-hybridized carbons (Fsp3) is 0. The molecule has 36 heavy (non-hydrogen) atoms. The summed E-state index contributed by atoms with van der Waals surface area (Å²) in [6.45, 7) is 0. The lowest BCUT2D eigenvalue weighted by Crippen LogP contribution is -2.19. The number of carbonyl (C=O) groups excluding carboxylic acids is 1. The smallest absolute Gasteiger partial charge is 0.323 e. The fourth-order valence-electron chi connectivity index (χ4n) is 3.06. The molecule has 0 heterocycles. The largest absolute Gasteiger partial charge is 0.454 e. The van der Waals surface area contributed by atoms with Gasteiger partial charge in [0.1, 0.15) is 11.5 Å². The van der Waals surface area contributed by atoms with Crippen LogP contribution in [-0.4, -0.2) is 6.03 Å². The number of hydrogen-bond acceptors (Lipinski definition) is 5. The average molecular weight is 482 g/mol. The van der Waals surface area contributed by atoms with Gasteiger partial charge in [-0.1, -0.05) is 0 Å². The van der Waals surface area contributed by atoms with E-state index in [4.69, 9.17) is 20.0 Å². The van der Waals surface area contributed by atoms with E-state index in [9.17, 15) is 13.6 Å². The van der Waals surface area contributed by atoms with Gasteiger partial charge in [0.2, 0.25) is 0 Å². The van der Waals surface area contributed by atoms with E-state index in [1.807, 2.05) is 12.1 Å². The zero-order valence-corrected chi connectivity index (χ0v) is 18.5. The first-order valence-electron chi connectivity index (χ1n) is 10.5. The highest BCUT2D eigenvalue weighted by molar-refractivity contribution is 6.00. The van der Waals surface area contributed by atoms with Crippen molar-refractivity contribution in [2.24, 2.45) is 0 Å². The number of carbonyl (C=O) groups is 1. The van der Waals surface area contributed by atoms with Gasteiger partial charge in [-0.05, 0) is 72.8 Å². The summed E-state index contributed by atoms with van der Waals surface area (Å²) in [4.78, 5) is 12.5. The molecule has 176 valence electrons. The molecule has 4 rings (SSSR count). The summed E-state index contributed by atoms with van der Waals surface area (Å²) in [5.41, 5.74) is 1.35. The lowest BCUT2D eigenvalue weighted by Gasteiger charge is -2.12. The van der Waals surface area contributed by atoms with E-state index in [1.165, 1.54) is 72.8 Å². The van der Waals surface area contributed by atoms with E-state index >= 15 is 0 Å². The molecule has 7 nitrogen and oxygen atoms in total. The maximum atomic E-state index is 14.2. The van der Waals surface area contributed by atoms with Gasteiger partial charge in [0.25, 0.3) is 0 Å². The van der Waals surface area contributed by atoms with Crippen LogP contribution < -0.4 is 20.1 Å². The van der Waals surface area contributed by atoms with E-state index < -0.39 is 17.7 Å². The molecule has 0 fully saturated rings. The maximum Gasteiger partial charge on any atom is 0.323 e. The monoisotopic (exact) mass is 482 g/mol. The van der Waals surface area contributed by atoms with Crippen LogP contribution in [0.2, 0.25) is 0 Å². The number of anilines is 2. The first-order chi connectivity index (χ1) is 17.4. The topological polar surface area (TPSA) is 107 Å². The Balaban J connectivity index is 1.43. The second-order valence-corrected chi connectivity index (χ2v) is 7.35. The molecule has 0 aliphatic heterocycles. The quantitative estimate of drug-likeness (QED) is 0.310. The van der Waals surface area contributed by atoms with Crippen LogP contribution in [0.15, 0.2) is 84.9 Å². The highest BCUT2D eigenvalue weighted by atomic mass is 19.1. The van der Waals surface area contributed by atoms with Crippen molar-refractivity contribution in [3.63, 3.8) is 0 Å². The maximum absolute atomic E-state index is 14.2. The summed E-state index contributed by atoms with van der Waals surface area (Å²) in [6, 6.07) is 23.1. The van der Waals surface area contributed by atoms with Crippen molar-refractivity contribution in [2.75, 3.05) is 10.6 Å². The molecule has 4 aromatic carbocycles. The summed E-state index contributed by atoms with van der Waals surface area (Å²) >= 11 is 0. The minimum absolute atomic E-state index is 0.127. The molecule has 4 aromatic rings. The second-order valence-electron chi connectivity index (χ2n) is 7.35. The third kappa shape index (κ3) is 5.93. The van der Waals surface area contributed by atoms with Crippen molar-refractivity contribution in [3.05, 3.63) is 108 Å². The lowest BCUT2D eigenvalue weighted by atomic mass is 10.2. The summed E-state index contributed by atoms with van der Waals surface area (Å²) in [5.74, 6) is -0.914. The number of rotatable bonds is 6. The van der Waals surface area contributed by atoms with Gasteiger partial charge in [0.15, 0.2) is 23.1 Å². The van der Waals surface area contributed by atoms with E-state index in [2.05, 4.69) is 10.6 Å². The van der Waals surface area contributed by atoms with Crippen molar-refractivity contribution in [1.82, 2.24) is 0 Å². The van der Waals surface area contributed by atoms with Crippen LogP contribution in [0.5, 0.6) is 23.0 Å². The molecule has 0 atom stereocenters. The third-order valence-corrected chi connectivity index (χ3v) is 4.80. The number of ether oxygens (including phenoxy) is 2. The molecule has 0 saturated heterocycles. The molecule has 0 aliphatic rings. The van der Waals surface area contributed by atoms with Gasteiger partial charge in [-0.25, -0.2) is 13.6 Å². The molecular formula is C27H16F2N4O3. The van der Waals surface area contributed by atoms with Crippen molar-refractivity contribution >= 4 is 17.4 Å². The van der Waals surface area contributed by atoms with Crippen molar-refractivity contribution < 1.29 is 23.0 Å². The average Bonchev–Trinajstić information content (AvgIpc) is 2.89. The molecule has 9 heteroatoms. The van der Waals surface area contributed by atoms with Crippen LogP contribution in [-0.2, 0) is 0 Å². The predicted molar refractivity (Wildman–Crippen MR) is 128 cm³/mol. The van der Waals surface area contributed by atoms with Crippen LogP contribution in [0.3, 0.4) is 0 Å². The Hall–Kier alpha value is -5.41. The molecular weight excluding hydrogens is 466 g/mol. The van der Waals surface area contributed by atoms with Crippen LogP contribution in [0.25, 0.3) is 0 Å². The second kappa shape index (κ2) is 10.7. The minimum atomic E-state index is -0.665. The molecule has 0 aromatic heterocycles. The summed E-state index contributed by atoms with van der Waals surface area (Å²) in [5, 5.41) is 22.8. The Morgan fingerprint density at radius 3 is 1.39 bits per heavy atom. The summed E-state index contributed by atoms with van der Waals surface area (Å²) in [6.07, 6.45) is 0. The molecule has 0 saturated carbocycles. The number of amides is 2.